The van der Waals surface area contributed by atoms with Crippen LogP contribution in [0.5, 0.6) is 0 Å². The fourth-order valence-electron chi connectivity index (χ4n) is 2.35. The van der Waals surface area contributed by atoms with Crippen LogP contribution < -0.4 is 5.32 Å². The van der Waals surface area contributed by atoms with Gasteiger partial charge in [0.2, 0.25) is 0 Å². The highest BCUT2D eigenvalue weighted by atomic mass is 16.6. The van der Waals surface area contributed by atoms with E-state index in [0.29, 0.717) is 18.9 Å². The molecule has 1 aromatic rings. The largest absolute Gasteiger partial charge is 0.372 e. The van der Waals surface area contributed by atoms with Crippen LogP contribution in [-0.4, -0.2) is 65.4 Å². The van der Waals surface area contributed by atoms with E-state index in [9.17, 15) is 14.9 Å². The summed E-state index contributed by atoms with van der Waals surface area (Å²) in [5.74, 6) is 0.148. The minimum atomic E-state index is -0.543. The number of rotatable bonds is 4. The van der Waals surface area contributed by atoms with E-state index < -0.39 is 4.92 Å². The van der Waals surface area contributed by atoms with Gasteiger partial charge in [0.1, 0.15) is 12.0 Å². The van der Waals surface area contributed by atoms with Crippen molar-refractivity contribution >= 4 is 17.4 Å². The van der Waals surface area contributed by atoms with E-state index >= 15 is 0 Å². The van der Waals surface area contributed by atoms with Gasteiger partial charge in [-0.25, -0.2) is 4.98 Å². The number of nitrogens with one attached hydrogen (secondary N) is 1. The number of nitrogens with zero attached hydrogens (tertiary/aromatic N) is 4. The average Bonchev–Trinajstić information content (AvgIpc) is 2.53. The first-order valence-electron chi connectivity index (χ1n) is 6.90. The number of aromatic nitrogens is 1. The van der Waals surface area contributed by atoms with Crippen LogP contribution in [0.25, 0.3) is 0 Å². The SMILES string of the molecule is CCN1CCN(C(=O)c2cc([N+](=O)[O-])cnc2NC)CC1. The van der Waals surface area contributed by atoms with Gasteiger partial charge in [-0.15, -0.1) is 0 Å². The lowest BCUT2D eigenvalue weighted by molar-refractivity contribution is -0.385. The van der Waals surface area contributed by atoms with Gasteiger partial charge in [-0.3, -0.25) is 14.9 Å². The standard InChI is InChI=1S/C13H19N5O3/c1-3-16-4-6-17(7-5-16)13(19)11-8-10(18(20)21)9-15-12(11)14-2/h8-9H,3-7H2,1-2H3,(H,14,15). The summed E-state index contributed by atoms with van der Waals surface area (Å²) in [7, 11) is 1.64. The molecule has 2 rings (SSSR count). The predicted octanol–water partition coefficient (Wildman–Crippen LogP) is 0.809. The highest BCUT2D eigenvalue weighted by Gasteiger charge is 2.25. The van der Waals surface area contributed by atoms with E-state index in [1.807, 2.05) is 0 Å². The Bertz CT molecular complexity index is 541. The van der Waals surface area contributed by atoms with Crippen molar-refractivity contribution in [3.8, 4) is 0 Å². The Morgan fingerprint density at radius 3 is 2.62 bits per heavy atom. The van der Waals surface area contributed by atoms with Crippen LogP contribution in [0.2, 0.25) is 0 Å². The molecule has 0 bridgehead atoms. The second-order valence-corrected chi connectivity index (χ2v) is 4.82. The number of piperazine rings is 1. The normalized spacial score (nSPS) is 15.8. The molecule has 1 N–H and O–H groups in total. The van der Waals surface area contributed by atoms with Crippen molar-refractivity contribution in [1.29, 1.82) is 0 Å². The van der Waals surface area contributed by atoms with Crippen molar-refractivity contribution in [2.75, 3.05) is 45.1 Å². The number of nitro groups is 1. The third-order valence-electron chi connectivity index (χ3n) is 3.66. The predicted molar refractivity (Wildman–Crippen MR) is 78.5 cm³/mol. The van der Waals surface area contributed by atoms with Crippen LogP contribution in [0.15, 0.2) is 12.3 Å². The first-order chi connectivity index (χ1) is 10.1. The van der Waals surface area contributed by atoms with Crippen molar-refractivity contribution in [2.45, 2.75) is 6.92 Å². The molecule has 21 heavy (non-hydrogen) atoms. The molecule has 0 unspecified atom stereocenters. The van der Waals surface area contributed by atoms with E-state index in [0.717, 1.165) is 25.8 Å². The summed E-state index contributed by atoms with van der Waals surface area (Å²) in [5, 5.41) is 13.7. The van der Waals surface area contributed by atoms with Crippen molar-refractivity contribution in [3.63, 3.8) is 0 Å². The molecule has 0 atom stereocenters. The molecule has 0 aromatic carbocycles. The zero-order valence-corrected chi connectivity index (χ0v) is 12.2. The van der Waals surface area contributed by atoms with Crippen molar-refractivity contribution in [2.24, 2.45) is 0 Å². The Morgan fingerprint density at radius 2 is 2.10 bits per heavy atom. The molecule has 0 radical (unpaired) electrons. The van der Waals surface area contributed by atoms with Crippen LogP contribution in [0.1, 0.15) is 17.3 Å². The van der Waals surface area contributed by atoms with Gasteiger partial charge in [0.25, 0.3) is 11.6 Å². The molecule has 1 aliphatic rings. The van der Waals surface area contributed by atoms with E-state index in [4.69, 9.17) is 0 Å². The maximum Gasteiger partial charge on any atom is 0.288 e. The number of carbonyl (C=O) groups is 1. The highest BCUT2D eigenvalue weighted by molar-refractivity contribution is 5.99. The van der Waals surface area contributed by atoms with Gasteiger partial charge < -0.3 is 15.1 Å². The fraction of sp³-hybridized carbons (Fsp3) is 0.538. The Hall–Kier alpha value is -2.22. The number of hydrogen-bond acceptors (Lipinski definition) is 6. The topological polar surface area (TPSA) is 91.6 Å². The molecular formula is C13H19N5O3. The molecule has 8 nitrogen and oxygen atoms in total. The van der Waals surface area contributed by atoms with Crippen LogP contribution in [0.4, 0.5) is 11.5 Å². The van der Waals surface area contributed by atoms with E-state index in [2.05, 4.69) is 22.1 Å². The second-order valence-electron chi connectivity index (χ2n) is 4.82. The quantitative estimate of drug-likeness (QED) is 0.652. The Kier molecular flexibility index (Phi) is 4.69. The number of anilines is 1. The smallest absolute Gasteiger partial charge is 0.288 e. The molecular weight excluding hydrogens is 274 g/mol. The van der Waals surface area contributed by atoms with Crippen LogP contribution >= 0.6 is 0 Å². The third-order valence-corrected chi connectivity index (χ3v) is 3.66. The first kappa shape index (κ1) is 15.2. The molecule has 1 aromatic heterocycles. The summed E-state index contributed by atoms with van der Waals surface area (Å²) in [4.78, 5) is 30.8. The lowest BCUT2D eigenvalue weighted by atomic mass is 10.2. The van der Waals surface area contributed by atoms with Crippen molar-refractivity contribution in [1.82, 2.24) is 14.8 Å². The molecule has 0 saturated carbocycles. The molecule has 114 valence electrons. The molecule has 1 amide bonds. The maximum absolute atomic E-state index is 12.6. The third kappa shape index (κ3) is 3.27. The zero-order chi connectivity index (χ0) is 15.4. The van der Waals surface area contributed by atoms with E-state index in [-0.39, 0.29) is 17.2 Å². The van der Waals surface area contributed by atoms with Gasteiger partial charge >= 0.3 is 0 Å². The van der Waals surface area contributed by atoms with Gasteiger partial charge in [0, 0.05) is 39.3 Å². The summed E-state index contributed by atoms with van der Waals surface area (Å²) < 4.78 is 0. The number of hydrogen-bond donors (Lipinski definition) is 1. The van der Waals surface area contributed by atoms with Gasteiger partial charge in [-0.05, 0) is 6.54 Å². The summed E-state index contributed by atoms with van der Waals surface area (Å²) in [6, 6.07) is 1.29. The number of amides is 1. The van der Waals surface area contributed by atoms with Gasteiger partial charge in [-0.1, -0.05) is 6.92 Å². The van der Waals surface area contributed by atoms with Gasteiger partial charge in [0.05, 0.1) is 10.5 Å². The average molecular weight is 293 g/mol. The summed E-state index contributed by atoms with van der Waals surface area (Å²) in [5.41, 5.74) is 0.0705. The number of likely N-dealkylation sites (N-methyl/N-ethyl adjacent to an activating group) is 1. The van der Waals surface area contributed by atoms with E-state index in [1.54, 1.807) is 11.9 Å². The Morgan fingerprint density at radius 1 is 1.43 bits per heavy atom. The lowest BCUT2D eigenvalue weighted by Crippen LogP contribution is -2.48. The van der Waals surface area contributed by atoms with Gasteiger partial charge in [-0.2, -0.15) is 0 Å². The molecule has 0 aliphatic carbocycles. The molecule has 0 spiro atoms. The summed E-state index contributed by atoms with van der Waals surface area (Å²) in [6.45, 7) is 5.93. The molecule has 2 heterocycles. The second kappa shape index (κ2) is 6.49. The highest BCUT2D eigenvalue weighted by Crippen LogP contribution is 2.21. The van der Waals surface area contributed by atoms with Gasteiger partial charge in [0.15, 0.2) is 0 Å². The Balaban J connectivity index is 2.22. The summed E-state index contributed by atoms with van der Waals surface area (Å²) in [6.07, 6.45) is 1.15. The first-order valence-corrected chi connectivity index (χ1v) is 6.90. The number of carbonyl (C=O) groups excluding carboxylic acids is 1. The van der Waals surface area contributed by atoms with Crippen LogP contribution in [0.3, 0.4) is 0 Å². The summed E-state index contributed by atoms with van der Waals surface area (Å²) >= 11 is 0. The minimum absolute atomic E-state index is 0.176. The monoisotopic (exact) mass is 293 g/mol. The van der Waals surface area contributed by atoms with E-state index in [1.165, 1.54) is 6.07 Å². The molecule has 1 saturated heterocycles. The Labute approximate surface area is 122 Å². The molecule has 8 heteroatoms. The lowest BCUT2D eigenvalue weighted by Gasteiger charge is -2.34. The number of pyridine rings is 1. The van der Waals surface area contributed by atoms with Crippen molar-refractivity contribution in [3.05, 3.63) is 27.9 Å². The van der Waals surface area contributed by atoms with Crippen molar-refractivity contribution < 1.29 is 9.72 Å². The zero-order valence-electron chi connectivity index (χ0n) is 12.2. The maximum atomic E-state index is 12.6. The molecule has 1 fully saturated rings. The van der Waals surface area contributed by atoms with Crippen LogP contribution in [-0.2, 0) is 0 Å². The minimum Gasteiger partial charge on any atom is -0.372 e. The van der Waals surface area contributed by atoms with Crippen LogP contribution in [0, 0.1) is 10.1 Å². The molecule has 1 aliphatic heterocycles. The fourth-order valence-corrected chi connectivity index (χ4v) is 2.35.